The molecule has 113 valence electrons. The van der Waals surface area contributed by atoms with Gasteiger partial charge in [0.15, 0.2) is 0 Å². The molecule has 5 nitrogen and oxygen atoms in total. The van der Waals surface area contributed by atoms with Crippen LogP contribution in [0.1, 0.15) is 37.7 Å². The standard InChI is InChI=1S/C17H18N3O2/c18-11-12-5-4-6-13(9-12)20-14(15(19)21)10-17(16(20)22)7-2-1-3-8-17/h2,4-6,9,14H,1,3,7-8,10H2,(H2,19,21). The number of carbonyl (C=O) groups excluding carboxylic acids is 2. The maximum atomic E-state index is 13.0. The van der Waals surface area contributed by atoms with Gasteiger partial charge in [-0.2, -0.15) is 5.26 Å². The van der Waals surface area contributed by atoms with Crippen molar-refractivity contribution in [3.05, 3.63) is 36.2 Å². The normalized spacial score (nSPS) is 23.5. The molecule has 0 aromatic heterocycles. The zero-order valence-electron chi connectivity index (χ0n) is 12.3. The molecule has 1 saturated carbocycles. The lowest BCUT2D eigenvalue weighted by Crippen LogP contribution is -2.43. The highest BCUT2D eigenvalue weighted by Gasteiger charge is 2.53. The first-order valence-electron chi connectivity index (χ1n) is 7.52. The SMILES string of the molecule is N#Cc1cccc(N2C(=O)C3(C[CH]CCC3)CC2C(N)=O)c1. The van der Waals surface area contributed by atoms with Gasteiger partial charge in [0.2, 0.25) is 11.8 Å². The number of hydrogen-bond donors (Lipinski definition) is 1. The molecule has 22 heavy (non-hydrogen) atoms. The van der Waals surface area contributed by atoms with E-state index in [1.165, 1.54) is 4.90 Å². The molecule has 1 aromatic rings. The van der Waals surface area contributed by atoms with E-state index in [0.29, 0.717) is 24.1 Å². The molecule has 0 bridgehead atoms. The monoisotopic (exact) mass is 296 g/mol. The molecule has 2 unspecified atom stereocenters. The Labute approximate surface area is 129 Å². The van der Waals surface area contributed by atoms with E-state index >= 15 is 0 Å². The van der Waals surface area contributed by atoms with E-state index in [-0.39, 0.29) is 5.91 Å². The third kappa shape index (κ3) is 2.25. The summed E-state index contributed by atoms with van der Waals surface area (Å²) in [5.41, 5.74) is 6.08. The van der Waals surface area contributed by atoms with Crippen LogP contribution in [-0.4, -0.2) is 17.9 Å². The van der Waals surface area contributed by atoms with Gasteiger partial charge in [-0.05, 0) is 43.9 Å². The second kappa shape index (κ2) is 5.45. The van der Waals surface area contributed by atoms with Crippen LogP contribution in [0.4, 0.5) is 5.69 Å². The van der Waals surface area contributed by atoms with Gasteiger partial charge >= 0.3 is 0 Å². The summed E-state index contributed by atoms with van der Waals surface area (Å²) in [6.45, 7) is 0. The molecule has 2 aliphatic rings. The number of benzene rings is 1. The molecule has 1 aliphatic heterocycles. The zero-order valence-corrected chi connectivity index (χ0v) is 12.3. The van der Waals surface area contributed by atoms with Crippen LogP contribution in [0.25, 0.3) is 0 Å². The minimum Gasteiger partial charge on any atom is -0.368 e. The first kappa shape index (κ1) is 14.6. The Morgan fingerprint density at radius 2 is 2.27 bits per heavy atom. The predicted octanol–water partition coefficient (Wildman–Crippen LogP) is 1.91. The lowest BCUT2D eigenvalue weighted by atomic mass is 9.72. The quantitative estimate of drug-likeness (QED) is 0.904. The zero-order chi connectivity index (χ0) is 15.7. The lowest BCUT2D eigenvalue weighted by Gasteiger charge is -2.31. The highest BCUT2D eigenvalue weighted by atomic mass is 16.2. The Balaban J connectivity index is 2.01. The van der Waals surface area contributed by atoms with E-state index in [2.05, 4.69) is 12.5 Å². The molecular formula is C17H18N3O2. The molecule has 2 N–H and O–H groups in total. The van der Waals surface area contributed by atoms with Gasteiger partial charge in [-0.25, -0.2) is 0 Å². The first-order valence-corrected chi connectivity index (χ1v) is 7.52. The van der Waals surface area contributed by atoms with Crippen LogP contribution in [0.15, 0.2) is 24.3 Å². The Bertz CT molecular complexity index is 656. The number of rotatable bonds is 2. The first-order chi connectivity index (χ1) is 10.6. The van der Waals surface area contributed by atoms with Gasteiger partial charge in [-0.15, -0.1) is 0 Å². The average molecular weight is 296 g/mol. The van der Waals surface area contributed by atoms with Crippen molar-refractivity contribution in [2.75, 3.05) is 4.90 Å². The number of nitriles is 1. The molecule has 1 heterocycles. The number of hydrogen-bond acceptors (Lipinski definition) is 3. The highest BCUT2D eigenvalue weighted by Crippen LogP contribution is 2.48. The molecule has 2 atom stereocenters. The van der Waals surface area contributed by atoms with Crippen molar-refractivity contribution in [3.8, 4) is 6.07 Å². The molecule has 1 saturated heterocycles. The van der Waals surface area contributed by atoms with Gasteiger partial charge in [0.25, 0.3) is 0 Å². The fourth-order valence-corrected chi connectivity index (χ4v) is 3.64. The summed E-state index contributed by atoms with van der Waals surface area (Å²) in [6.07, 6.45) is 6.07. The predicted molar refractivity (Wildman–Crippen MR) is 81.4 cm³/mol. The fourth-order valence-electron chi connectivity index (χ4n) is 3.64. The van der Waals surface area contributed by atoms with E-state index in [4.69, 9.17) is 11.0 Å². The Hall–Kier alpha value is -2.35. The topological polar surface area (TPSA) is 87.2 Å². The molecule has 2 amide bonds. The molecule has 1 aliphatic carbocycles. The third-order valence-corrected chi connectivity index (χ3v) is 4.75. The summed E-state index contributed by atoms with van der Waals surface area (Å²) >= 11 is 0. The van der Waals surface area contributed by atoms with Crippen LogP contribution in [0.2, 0.25) is 0 Å². The van der Waals surface area contributed by atoms with E-state index in [1.54, 1.807) is 24.3 Å². The van der Waals surface area contributed by atoms with Gasteiger partial charge in [-0.3, -0.25) is 14.5 Å². The molecule has 1 aromatic carbocycles. The maximum absolute atomic E-state index is 13.0. The van der Waals surface area contributed by atoms with Crippen LogP contribution in [0.3, 0.4) is 0 Å². The van der Waals surface area contributed by atoms with Crippen molar-refractivity contribution >= 4 is 17.5 Å². The van der Waals surface area contributed by atoms with Crippen molar-refractivity contribution in [1.82, 2.24) is 0 Å². The molecule has 2 fully saturated rings. The van der Waals surface area contributed by atoms with Gasteiger partial charge in [0, 0.05) is 5.69 Å². The number of amides is 2. The number of carbonyl (C=O) groups is 2. The minimum atomic E-state index is -0.632. The number of anilines is 1. The summed E-state index contributed by atoms with van der Waals surface area (Å²) in [5, 5.41) is 9.04. The maximum Gasteiger partial charge on any atom is 0.240 e. The average Bonchev–Trinajstić information content (AvgIpc) is 2.81. The summed E-state index contributed by atoms with van der Waals surface area (Å²) in [4.78, 5) is 26.4. The van der Waals surface area contributed by atoms with Crippen LogP contribution >= 0.6 is 0 Å². The summed E-state index contributed by atoms with van der Waals surface area (Å²) in [7, 11) is 0. The van der Waals surface area contributed by atoms with Crippen molar-refractivity contribution in [1.29, 1.82) is 5.26 Å². The van der Waals surface area contributed by atoms with Gasteiger partial charge < -0.3 is 5.73 Å². The largest absolute Gasteiger partial charge is 0.368 e. The Morgan fingerprint density at radius 3 is 2.91 bits per heavy atom. The van der Waals surface area contributed by atoms with Crippen molar-refractivity contribution in [2.24, 2.45) is 11.1 Å². The number of primary amides is 1. The van der Waals surface area contributed by atoms with Crippen molar-refractivity contribution in [3.63, 3.8) is 0 Å². The van der Waals surface area contributed by atoms with E-state index in [9.17, 15) is 9.59 Å². The Morgan fingerprint density at radius 1 is 1.45 bits per heavy atom. The van der Waals surface area contributed by atoms with Gasteiger partial charge in [0.1, 0.15) is 6.04 Å². The Kier molecular flexibility index (Phi) is 3.61. The van der Waals surface area contributed by atoms with Crippen LogP contribution in [0, 0.1) is 23.2 Å². The van der Waals surface area contributed by atoms with E-state index in [0.717, 1.165) is 19.3 Å². The van der Waals surface area contributed by atoms with Crippen LogP contribution in [0.5, 0.6) is 0 Å². The van der Waals surface area contributed by atoms with Crippen LogP contribution < -0.4 is 10.6 Å². The van der Waals surface area contributed by atoms with Crippen molar-refractivity contribution in [2.45, 2.75) is 38.1 Å². The van der Waals surface area contributed by atoms with E-state index < -0.39 is 17.4 Å². The summed E-state index contributed by atoms with van der Waals surface area (Å²) < 4.78 is 0. The number of nitrogens with two attached hydrogens (primary N) is 1. The molecular weight excluding hydrogens is 278 g/mol. The van der Waals surface area contributed by atoms with E-state index in [1.807, 2.05) is 0 Å². The fraction of sp³-hybridized carbons (Fsp3) is 0.412. The molecule has 1 spiro atoms. The minimum absolute atomic E-state index is 0.0395. The van der Waals surface area contributed by atoms with Crippen molar-refractivity contribution < 1.29 is 9.59 Å². The molecule has 3 rings (SSSR count). The highest BCUT2D eigenvalue weighted by molar-refractivity contribution is 6.07. The smallest absolute Gasteiger partial charge is 0.240 e. The lowest BCUT2D eigenvalue weighted by molar-refractivity contribution is -0.126. The molecule has 1 radical (unpaired) electrons. The second-order valence-corrected chi connectivity index (χ2v) is 6.12. The summed E-state index contributed by atoms with van der Waals surface area (Å²) in [5.74, 6) is -0.527. The summed E-state index contributed by atoms with van der Waals surface area (Å²) in [6, 6.07) is 8.21. The molecule has 5 heteroatoms. The van der Waals surface area contributed by atoms with Crippen LogP contribution in [-0.2, 0) is 9.59 Å². The van der Waals surface area contributed by atoms with Gasteiger partial charge in [0.05, 0.1) is 17.0 Å². The van der Waals surface area contributed by atoms with Gasteiger partial charge in [-0.1, -0.05) is 18.9 Å². The third-order valence-electron chi connectivity index (χ3n) is 4.75. The second-order valence-electron chi connectivity index (χ2n) is 6.12. The number of nitrogens with zero attached hydrogens (tertiary/aromatic N) is 2.